The highest BCUT2D eigenvalue weighted by molar-refractivity contribution is 5.75. The Balaban J connectivity index is 2.44. The molecule has 15 heavy (non-hydrogen) atoms. The van der Waals surface area contributed by atoms with E-state index in [2.05, 4.69) is 10.3 Å². The standard InChI is InChI=1S/C11H14FN3/c1-13-6-5-11-14-9-7-8(12)3-4-10(9)15(11)2/h3-4,7,13H,5-6H2,1-2H3. The van der Waals surface area contributed by atoms with E-state index in [1.165, 1.54) is 12.1 Å². The minimum Gasteiger partial charge on any atom is -0.331 e. The average molecular weight is 207 g/mol. The molecule has 1 aromatic heterocycles. The van der Waals surface area contributed by atoms with Crippen molar-refractivity contribution >= 4 is 11.0 Å². The van der Waals surface area contributed by atoms with Gasteiger partial charge in [0.15, 0.2) is 0 Å². The van der Waals surface area contributed by atoms with Gasteiger partial charge in [-0.2, -0.15) is 0 Å². The van der Waals surface area contributed by atoms with Crippen LogP contribution in [-0.2, 0) is 13.5 Å². The number of benzene rings is 1. The number of hydrogen-bond donors (Lipinski definition) is 1. The molecule has 0 bridgehead atoms. The van der Waals surface area contributed by atoms with Crippen molar-refractivity contribution in [3.05, 3.63) is 29.8 Å². The highest BCUT2D eigenvalue weighted by Gasteiger charge is 2.07. The lowest BCUT2D eigenvalue weighted by molar-refractivity contribution is 0.629. The highest BCUT2D eigenvalue weighted by Crippen LogP contribution is 2.16. The fourth-order valence-electron chi connectivity index (χ4n) is 1.68. The predicted molar refractivity (Wildman–Crippen MR) is 58.3 cm³/mol. The van der Waals surface area contributed by atoms with Crippen LogP contribution in [0.1, 0.15) is 5.82 Å². The van der Waals surface area contributed by atoms with E-state index >= 15 is 0 Å². The number of imidazole rings is 1. The number of hydrogen-bond acceptors (Lipinski definition) is 2. The Bertz CT molecular complexity index is 476. The van der Waals surface area contributed by atoms with Crippen molar-refractivity contribution < 1.29 is 4.39 Å². The first-order valence-corrected chi connectivity index (χ1v) is 4.98. The summed E-state index contributed by atoms with van der Waals surface area (Å²) in [5, 5.41) is 3.07. The van der Waals surface area contributed by atoms with Gasteiger partial charge in [-0.1, -0.05) is 0 Å². The third-order valence-corrected chi connectivity index (χ3v) is 2.53. The molecule has 1 aromatic carbocycles. The van der Waals surface area contributed by atoms with Gasteiger partial charge in [-0.05, 0) is 19.2 Å². The summed E-state index contributed by atoms with van der Waals surface area (Å²) in [7, 11) is 3.86. The molecule has 0 aliphatic carbocycles. The van der Waals surface area contributed by atoms with Crippen molar-refractivity contribution in [3.63, 3.8) is 0 Å². The molecule has 0 atom stereocenters. The Labute approximate surface area is 87.9 Å². The van der Waals surface area contributed by atoms with Crippen LogP contribution in [-0.4, -0.2) is 23.1 Å². The van der Waals surface area contributed by atoms with E-state index in [0.29, 0.717) is 0 Å². The second-order valence-corrected chi connectivity index (χ2v) is 3.57. The topological polar surface area (TPSA) is 29.9 Å². The number of nitrogens with one attached hydrogen (secondary N) is 1. The van der Waals surface area contributed by atoms with Gasteiger partial charge in [-0.3, -0.25) is 0 Å². The molecular formula is C11H14FN3. The Morgan fingerprint density at radius 1 is 1.47 bits per heavy atom. The zero-order valence-electron chi connectivity index (χ0n) is 8.92. The van der Waals surface area contributed by atoms with Gasteiger partial charge in [0.25, 0.3) is 0 Å². The second-order valence-electron chi connectivity index (χ2n) is 3.57. The molecule has 2 rings (SSSR count). The molecule has 0 saturated heterocycles. The molecule has 0 fully saturated rings. The van der Waals surface area contributed by atoms with Gasteiger partial charge >= 0.3 is 0 Å². The second kappa shape index (κ2) is 3.98. The summed E-state index contributed by atoms with van der Waals surface area (Å²) in [6.07, 6.45) is 0.850. The summed E-state index contributed by atoms with van der Waals surface area (Å²) in [6, 6.07) is 4.70. The van der Waals surface area contributed by atoms with Crippen LogP contribution in [0.3, 0.4) is 0 Å². The van der Waals surface area contributed by atoms with Crippen molar-refractivity contribution in [1.82, 2.24) is 14.9 Å². The Morgan fingerprint density at radius 2 is 2.27 bits per heavy atom. The molecule has 0 radical (unpaired) electrons. The molecule has 0 aliphatic heterocycles. The molecule has 0 unspecified atom stereocenters. The molecule has 2 aromatic rings. The number of nitrogens with zero attached hydrogens (tertiary/aromatic N) is 2. The van der Waals surface area contributed by atoms with Crippen molar-refractivity contribution in [2.24, 2.45) is 7.05 Å². The van der Waals surface area contributed by atoms with Gasteiger partial charge in [0.05, 0.1) is 11.0 Å². The Kier molecular flexibility index (Phi) is 2.68. The molecule has 1 N–H and O–H groups in total. The smallest absolute Gasteiger partial charge is 0.125 e. The third kappa shape index (κ3) is 1.85. The van der Waals surface area contributed by atoms with Gasteiger partial charge in [0, 0.05) is 26.1 Å². The zero-order valence-corrected chi connectivity index (χ0v) is 8.92. The van der Waals surface area contributed by atoms with Gasteiger partial charge in [0.2, 0.25) is 0 Å². The van der Waals surface area contributed by atoms with E-state index in [1.54, 1.807) is 6.07 Å². The van der Waals surface area contributed by atoms with Gasteiger partial charge in [-0.15, -0.1) is 0 Å². The first-order chi connectivity index (χ1) is 7.22. The summed E-state index contributed by atoms with van der Waals surface area (Å²) >= 11 is 0. The number of rotatable bonds is 3. The predicted octanol–water partition coefficient (Wildman–Crippen LogP) is 1.47. The summed E-state index contributed by atoms with van der Waals surface area (Å²) in [4.78, 5) is 4.39. The molecule has 3 nitrogen and oxygen atoms in total. The third-order valence-electron chi connectivity index (χ3n) is 2.53. The van der Waals surface area contributed by atoms with Crippen LogP contribution in [0.2, 0.25) is 0 Å². The minimum atomic E-state index is -0.235. The highest BCUT2D eigenvalue weighted by atomic mass is 19.1. The molecule has 80 valence electrons. The van der Waals surface area contributed by atoms with Crippen LogP contribution in [0.15, 0.2) is 18.2 Å². The number of aromatic nitrogens is 2. The molecular weight excluding hydrogens is 193 g/mol. The lowest BCUT2D eigenvalue weighted by Gasteiger charge is -2.00. The molecule has 0 spiro atoms. The number of halogens is 1. The van der Waals surface area contributed by atoms with E-state index in [-0.39, 0.29) is 5.82 Å². The lowest BCUT2D eigenvalue weighted by Crippen LogP contribution is -2.12. The maximum Gasteiger partial charge on any atom is 0.125 e. The van der Waals surface area contributed by atoms with E-state index in [9.17, 15) is 4.39 Å². The summed E-state index contributed by atoms with van der Waals surface area (Å²) < 4.78 is 15.0. The van der Waals surface area contributed by atoms with Crippen LogP contribution < -0.4 is 5.32 Å². The van der Waals surface area contributed by atoms with Crippen molar-refractivity contribution in [3.8, 4) is 0 Å². The minimum absolute atomic E-state index is 0.235. The number of aryl methyl sites for hydroxylation is 1. The van der Waals surface area contributed by atoms with Crippen LogP contribution in [0.4, 0.5) is 4.39 Å². The average Bonchev–Trinajstić information content (AvgIpc) is 2.52. The van der Waals surface area contributed by atoms with Crippen molar-refractivity contribution in [2.75, 3.05) is 13.6 Å². The van der Waals surface area contributed by atoms with E-state index < -0.39 is 0 Å². The van der Waals surface area contributed by atoms with Crippen LogP contribution in [0, 0.1) is 5.82 Å². The number of fused-ring (bicyclic) bond motifs is 1. The number of likely N-dealkylation sites (N-methyl/N-ethyl adjacent to an activating group) is 1. The fourth-order valence-corrected chi connectivity index (χ4v) is 1.68. The summed E-state index contributed by atoms with van der Waals surface area (Å²) in [5.41, 5.74) is 1.70. The normalized spacial score (nSPS) is 11.1. The van der Waals surface area contributed by atoms with Crippen molar-refractivity contribution in [2.45, 2.75) is 6.42 Å². The van der Waals surface area contributed by atoms with Gasteiger partial charge < -0.3 is 9.88 Å². The summed E-state index contributed by atoms with van der Waals surface area (Å²) in [5.74, 6) is 0.741. The first kappa shape index (κ1) is 10.1. The largest absolute Gasteiger partial charge is 0.331 e. The van der Waals surface area contributed by atoms with Crippen LogP contribution in [0.25, 0.3) is 11.0 Å². The SMILES string of the molecule is CNCCc1nc2cc(F)ccc2n1C. The monoisotopic (exact) mass is 207 g/mol. The molecule has 4 heteroatoms. The van der Waals surface area contributed by atoms with E-state index in [1.807, 2.05) is 18.7 Å². The summed E-state index contributed by atoms with van der Waals surface area (Å²) in [6.45, 7) is 0.875. The van der Waals surface area contributed by atoms with Crippen LogP contribution >= 0.6 is 0 Å². The molecule has 0 saturated carbocycles. The van der Waals surface area contributed by atoms with Crippen LogP contribution in [0.5, 0.6) is 0 Å². The maximum atomic E-state index is 13.0. The van der Waals surface area contributed by atoms with Gasteiger partial charge in [-0.25, -0.2) is 9.37 Å². The van der Waals surface area contributed by atoms with E-state index in [4.69, 9.17) is 0 Å². The maximum absolute atomic E-state index is 13.0. The quantitative estimate of drug-likeness (QED) is 0.826. The molecule has 1 heterocycles. The van der Waals surface area contributed by atoms with Gasteiger partial charge in [0.1, 0.15) is 11.6 Å². The lowest BCUT2D eigenvalue weighted by atomic mass is 10.3. The first-order valence-electron chi connectivity index (χ1n) is 4.98. The Morgan fingerprint density at radius 3 is 3.00 bits per heavy atom. The zero-order chi connectivity index (χ0) is 10.8. The fraction of sp³-hybridized carbons (Fsp3) is 0.364. The van der Waals surface area contributed by atoms with E-state index in [0.717, 1.165) is 29.8 Å². The van der Waals surface area contributed by atoms with Crippen molar-refractivity contribution in [1.29, 1.82) is 0 Å². The Hall–Kier alpha value is -1.42. The molecule has 0 amide bonds. The molecule has 0 aliphatic rings.